The summed E-state index contributed by atoms with van der Waals surface area (Å²) in [4.78, 5) is 13.5. The molecule has 4 rings (SSSR count). The summed E-state index contributed by atoms with van der Waals surface area (Å²) in [6.07, 6.45) is 0.967. The number of rotatable bonds is 5. The van der Waals surface area contributed by atoms with E-state index >= 15 is 0 Å². The Hall–Kier alpha value is -2.31. The maximum Gasteiger partial charge on any atom is 0.509 e. The molecular formula is C21H21ClFNO4. The van der Waals surface area contributed by atoms with E-state index in [1.807, 2.05) is 24.3 Å². The van der Waals surface area contributed by atoms with Gasteiger partial charge < -0.3 is 14.2 Å². The number of ether oxygens (including phenoxy) is 3. The van der Waals surface area contributed by atoms with Crippen LogP contribution in [-0.2, 0) is 22.6 Å². The number of cyclic esters (lactones) is 1. The summed E-state index contributed by atoms with van der Waals surface area (Å²) < 4.78 is 29.9. The first kappa shape index (κ1) is 19.0. The second-order valence-electron chi connectivity index (χ2n) is 7.24. The summed E-state index contributed by atoms with van der Waals surface area (Å²) >= 11 is 6.05. The quantitative estimate of drug-likeness (QED) is 0.682. The molecule has 28 heavy (non-hydrogen) atoms. The summed E-state index contributed by atoms with van der Waals surface area (Å²) in [7, 11) is 0. The van der Waals surface area contributed by atoms with E-state index in [2.05, 4.69) is 4.90 Å². The Morgan fingerprint density at radius 2 is 1.96 bits per heavy atom. The van der Waals surface area contributed by atoms with E-state index in [0.717, 1.165) is 38.0 Å². The largest absolute Gasteiger partial charge is 0.509 e. The molecular weight excluding hydrogens is 385 g/mol. The number of halogens is 2. The zero-order chi connectivity index (χ0) is 19.6. The van der Waals surface area contributed by atoms with Crippen LogP contribution < -0.4 is 4.74 Å². The average molecular weight is 406 g/mol. The van der Waals surface area contributed by atoms with Crippen molar-refractivity contribution in [2.75, 3.05) is 19.7 Å². The van der Waals surface area contributed by atoms with Crippen molar-refractivity contribution < 1.29 is 23.4 Å². The number of hydrogen-bond donors (Lipinski definition) is 0. The molecule has 0 saturated carbocycles. The number of piperidine rings is 1. The van der Waals surface area contributed by atoms with Gasteiger partial charge in [-0.05, 0) is 29.8 Å². The van der Waals surface area contributed by atoms with Gasteiger partial charge in [-0.3, -0.25) is 4.90 Å². The van der Waals surface area contributed by atoms with E-state index in [1.54, 1.807) is 12.1 Å². The molecule has 0 unspecified atom stereocenters. The lowest BCUT2D eigenvalue weighted by Crippen LogP contribution is -2.45. The second-order valence-corrected chi connectivity index (χ2v) is 7.64. The maximum atomic E-state index is 13.9. The molecule has 148 valence electrons. The fraction of sp³-hybridized carbons (Fsp3) is 0.381. The molecule has 2 fully saturated rings. The van der Waals surface area contributed by atoms with Crippen LogP contribution in [0.15, 0.2) is 42.5 Å². The van der Waals surface area contributed by atoms with E-state index < -0.39 is 11.8 Å². The van der Waals surface area contributed by atoms with Crippen molar-refractivity contribution >= 4 is 17.8 Å². The summed E-state index contributed by atoms with van der Waals surface area (Å²) in [6, 6.07) is 12.4. The zero-order valence-corrected chi connectivity index (χ0v) is 16.1. The number of benzene rings is 2. The van der Waals surface area contributed by atoms with E-state index in [-0.39, 0.29) is 12.4 Å². The van der Waals surface area contributed by atoms with Crippen molar-refractivity contribution in [2.45, 2.75) is 31.6 Å². The van der Waals surface area contributed by atoms with Gasteiger partial charge in [0.1, 0.15) is 24.8 Å². The van der Waals surface area contributed by atoms with Crippen LogP contribution in [0.4, 0.5) is 9.18 Å². The number of hydrogen-bond acceptors (Lipinski definition) is 5. The highest BCUT2D eigenvalue weighted by Gasteiger charge is 2.44. The summed E-state index contributed by atoms with van der Waals surface area (Å²) in [5.74, 6) is 0.297. The van der Waals surface area contributed by atoms with Crippen LogP contribution >= 0.6 is 11.6 Å². The average Bonchev–Trinajstić information content (AvgIpc) is 3.04. The summed E-state index contributed by atoms with van der Waals surface area (Å²) in [5, 5.41) is 0.356. The molecule has 1 spiro atoms. The van der Waals surface area contributed by atoms with Crippen molar-refractivity contribution in [3.05, 3.63) is 64.4 Å². The van der Waals surface area contributed by atoms with Gasteiger partial charge in [-0.2, -0.15) is 0 Å². The van der Waals surface area contributed by atoms with E-state index in [4.69, 9.17) is 25.8 Å². The molecule has 2 aliphatic heterocycles. The first-order valence-corrected chi connectivity index (χ1v) is 9.64. The van der Waals surface area contributed by atoms with Crippen molar-refractivity contribution in [1.29, 1.82) is 0 Å². The summed E-state index contributed by atoms with van der Waals surface area (Å²) in [5.41, 5.74) is 1.01. The minimum absolute atomic E-state index is 0.0760. The fourth-order valence-electron chi connectivity index (χ4n) is 3.61. The highest BCUT2D eigenvalue weighted by atomic mass is 35.5. The maximum absolute atomic E-state index is 13.9. The number of nitrogens with zero attached hydrogens (tertiary/aromatic N) is 1. The minimum atomic E-state index is -0.562. The molecule has 0 aliphatic carbocycles. The molecule has 0 N–H and O–H groups in total. The Balaban J connectivity index is 1.34. The van der Waals surface area contributed by atoms with Gasteiger partial charge in [-0.25, -0.2) is 9.18 Å². The van der Waals surface area contributed by atoms with Gasteiger partial charge in [-0.1, -0.05) is 29.8 Å². The van der Waals surface area contributed by atoms with E-state index in [9.17, 15) is 9.18 Å². The first-order chi connectivity index (χ1) is 13.5. The molecule has 2 aliphatic rings. The van der Waals surface area contributed by atoms with Gasteiger partial charge in [0, 0.05) is 38.0 Å². The molecule has 0 atom stereocenters. The Kier molecular flexibility index (Phi) is 5.42. The standard InChI is InChI=1S/C21H21ClFNO4/c22-18-5-2-6-19(23)17(18)13-26-16-4-1-3-15(11-16)12-24-9-7-21(8-10-24)14-27-20(25)28-21/h1-6,11H,7-10,12-14H2. The molecule has 0 bridgehead atoms. The van der Waals surface area contributed by atoms with Gasteiger partial charge in [0.2, 0.25) is 0 Å². The molecule has 2 aromatic carbocycles. The Labute approximate surface area is 167 Å². The van der Waals surface area contributed by atoms with E-state index in [1.165, 1.54) is 6.07 Å². The highest BCUT2D eigenvalue weighted by molar-refractivity contribution is 6.31. The highest BCUT2D eigenvalue weighted by Crippen LogP contribution is 2.32. The van der Waals surface area contributed by atoms with Gasteiger partial charge in [-0.15, -0.1) is 0 Å². The van der Waals surface area contributed by atoms with E-state index in [0.29, 0.717) is 22.9 Å². The van der Waals surface area contributed by atoms with Gasteiger partial charge in [0.25, 0.3) is 0 Å². The lowest BCUT2D eigenvalue weighted by molar-refractivity contribution is -0.00165. The monoisotopic (exact) mass is 405 g/mol. The Bertz CT molecular complexity index is 847. The van der Waals surface area contributed by atoms with Crippen molar-refractivity contribution in [2.24, 2.45) is 0 Å². The topological polar surface area (TPSA) is 48.0 Å². The van der Waals surface area contributed by atoms with Crippen LogP contribution in [0.1, 0.15) is 24.0 Å². The smallest absolute Gasteiger partial charge is 0.489 e. The fourth-order valence-corrected chi connectivity index (χ4v) is 3.83. The first-order valence-electron chi connectivity index (χ1n) is 9.26. The Morgan fingerprint density at radius 1 is 1.18 bits per heavy atom. The number of carbonyl (C=O) groups excluding carboxylic acids is 1. The van der Waals surface area contributed by atoms with Crippen molar-refractivity contribution in [3.63, 3.8) is 0 Å². The van der Waals surface area contributed by atoms with Crippen LogP contribution in [0.5, 0.6) is 5.75 Å². The third kappa shape index (κ3) is 4.23. The minimum Gasteiger partial charge on any atom is -0.489 e. The number of carbonyl (C=O) groups is 1. The Morgan fingerprint density at radius 3 is 2.68 bits per heavy atom. The molecule has 2 aromatic rings. The van der Waals surface area contributed by atoms with Crippen LogP contribution in [0, 0.1) is 5.82 Å². The number of likely N-dealkylation sites (tertiary alicyclic amines) is 1. The predicted octanol–water partition coefficient (Wildman–Crippen LogP) is 4.56. The molecule has 0 radical (unpaired) electrons. The second kappa shape index (κ2) is 7.97. The van der Waals surface area contributed by atoms with Crippen LogP contribution in [0.3, 0.4) is 0 Å². The third-order valence-corrected chi connectivity index (χ3v) is 5.62. The van der Waals surface area contributed by atoms with Crippen molar-refractivity contribution in [3.8, 4) is 5.75 Å². The molecule has 0 amide bonds. The lowest BCUT2D eigenvalue weighted by atomic mass is 9.92. The van der Waals surface area contributed by atoms with Crippen LogP contribution in [-0.4, -0.2) is 36.4 Å². The normalized spacial score (nSPS) is 18.7. The lowest BCUT2D eigenvalue weighted by Gasteiger charge is -2.36. The molecule has 2 heterocycles. The third-order valence-electron chi connectivity index (χ3n) is 5.27. The zero-order valence-electron chi connectivity index (χ0n) is 15.3. The van der Waals surface area contributed by atoms with Crippen LogP contribution in [0.2, 0.25) is 5.02 Å². The predicted molar refractivity (Wildman–Crippen MR) is 102 cm³/mol. The molecule has 0 aromatic heterocycles. The van der Waals surface area contributed by atoms with Gasteiger partial charge in [0.15, 0.2) is 5.60 Å². The summed E-state index contributed by atoms with van der Waals surface area (Å²) in [6.45, 7) is 2.84. The van der Waals surface area contributed by atoms with Gasteiger partial charge >= 0.3 is 6.16 Å². The van der Waals surface area contributed by atoms with Crippen molar-refractivity contribution in [1.82, 2.24) is 4.90 Å². The van der Waals surface area contributed by atoms with Crippen LogP contribution in [0.25, 0.3) is 0 Å². The molecule has 5 nitrogen and oxygen atoms in total. The molecule has 2 saturated heterocycles. The van der Waals surface area contributed by atoms with Gasteiger partial charge in [0.05, 0.1) is 5.02 Å². The SMILES string of the molecule is O=C1OCC2(CCN(Cc3cccc(OCc4c(F)cccc4Cl)c3)CC2)O1. The molecule has 7 heteroatoms.